The number of carbonyl (C=O) groups is 1. The van der Waals surface area contributed by atoms with Gasteiger partial charge < -0.3 is 20.2 Å². The lowest BCUT2D eigenvalue weighted by molar-refractivity contribution is 0.100. The van der Waals surface area contributed by atoms with Crippen molar-refractivity contribution in [2.24, 2.45) is 5.73 Å². The summed E-state index contributed by atoms with van der Waals surface area (Å²) in [5, 5.41) is 9.20. The number of primary amides is 1. The van der Waals surface area contributed by atoms with Crippen LogP contribution in [0.3, 0.4) is 0 Å². The normalized spacial score (nSPS) is 16.2. The maximum absolute atomic E-state index is 11.0. The number of oxazole rings is 1. The van der Waals surface area contributed by atoms with E-state index in [1.54, 1.807) is 18.2 Å². The monoisotopic (exact) mass is 233 g/mol. The quantitative estimate of drug-likeness (QED) is 0.767. The number of nitrogens with zero attached hydrogens (tertiary/aromatic N) is 2. The predicted molar refractivity (Wildman–Crippen MR) is 60.7 cm³/mol. The summed E-state index contributed by atoms with van der Waals surface area (Å²) in [6.45, 7) is 1.05. The smallest absolute Gasteiger partial charge is 0.298 e. The number of aliphatic hydroxyl groups excluding tert-OH is 1. The van der Waals surface area contributed by atoms with Crippen molar-refractivity contribution in [1.82, 2.24) is 4.98 Å². The van der Waals surface area contributed by atoms with Crippen molar-refractivity contribution in [2.75, 3.05) is 18.0 Å². The van der Waals surface area contributed by atoms with E-state index in [1.165, 1.54) is 0 Å². The number of aliphatic hydroxyl groups is 1. The molecular weight excluding hydrogens is 222 g/mol. The van der Waals surface area contributed by atoms with Crippen LogP contribution in [-0.2, 0) is 0 Å². The van der Waals surface area contributed by atoms with Gasteiger partial charge in [-0.25, -0.2) is 0 Å². The Kier molecular flexibility index (Phi) is 2.05. The van der Waals surface area contributed by atoms with Gasteiger partial charge in [-0.2, -0.15) is 4.98 Å². The van der Waals surface area contributed by atoms with Crippen LogP contribution < -0.4 is 10.6 Å². The first-order valence-electron chi connectivity index (χ1n) is 5.27. The van der Waals surface area contributed by atoms with Crippen molar-refractivity contribution < 1.29 is 14.3 Å². The number of aromatic nitrogens is 1. The Bertz CT molecular complexity index is 587. The van der Waals surface area contributed by atoms with Crippen molar-refractivity contribution in [3.05, 3.63) is 23.8 Å². The summed E-state index contributed by atoms with van der Waals surface area (Å²) in [5.41, 5.74) is 6.79. The SMILES string of the molecule is NC(=O)c1ccc2oc(N3CC(O)C3)nc2c1. The molecule has 3 rings (SSSR count). The molecule has 0 atom stereocenters. The van der Waals surface area contributed by atoms with E-state index in [4.69, 9.17) is 10.2 Å². The highest BCUT2D eigenvalue weighted by Gasteiger charge is 2.28. The molecule has 0 unspecified atom stereocenters. The Morgan fingerprint density at radius 3 is 2.94 bits per heavy atom. The second-order valence-corrected chi connectivity index (χ2v) is 4.10. The van der Waals surface area contributed by atoms with Crippen LogP contribution >= 0.6 is 0 Å². The Balaban J connectivity index is 1.98. The molecule has 1 aromatic heterocycles. The number of nitrogens with two attached hydrogens (primary N) is 1. The molecule has 1 amide bonds. The first-order valence-corrected chi connectivity index (χ1v) is 5.27. The number of carbonyl (C=O) groups excluding carboxylic acids is 1. The van der Waals surface area contributed by atoms with Crippen molar-refractivity contribution in [1.29, 1.82) is 0 Å². The molecule has 1 saturated heterocycles. The molecule has 2 aromatic rings. The highest BCUT2D eigenvalue weighted by atomic mass is 16.4. The van der Waals surface area contributed by atoms with E-state index >= 15 is 0 Å². The molecule has 0 saturated carbocycles. The van der Waals surface area contributed by atoms with Gasteiger partial charge in [0, 0.05) is 5.56 Å². The lowest BCUT2D eigenvalue weighted by Crippen LogP contribution is -2.51. The summed E-state index contributed by atoms with van der Waals surface area (Å²) in [4.78, 5) is 17.1. The minimum absolute atomic E-state index is 0.314. The fraction of sp³-hybridized carbons (Fsp3) is 0.273. The fourth-order valence-electron chi connectivity index (χ4n) is 1.82. The molecule has 6 heteroatoms. The van der Waals surface area contributed by atoms with E-state index in [0.717, 1.165) is 0 Å². The highest BCUT2D eigenvalue weighted by molar-refractivity contribution is 5.96. The number of hydrogen-bond donors (Lipinski definition) is 2. The van der Waals surface area contributed by atoms with Crippen LogP contribution in [0.4, 0.5) is 6.01 Å². The molecule has 2 heterocycles. The van der Waals surface area contributed by atoms with Gasteiger partial charge in [0.25, 0.3) is 6.01 Å². The minimum atomic E-state index is -0.490. The van der Waals surface area contributed by atoms with Crippen molar-refractivity contribution in [3.63, 3.8) is 0 Å². The van der Waals surface area contributed by atoms with Crippen molar-refractivity contribution in [3.8, 4) is 0 Å². The molecule has 88 valence electrons. The zero-order chi connectivity index (χ0) is 12.0. The first-order chi connectivity index (χ1) is 8.13. The van der Waals surface area contributed by atoms with E-state index in [9.17, 15) is 9.90 Å². The number of rotatable bonds is 2. The van der Waals surface area contributed by atoms with Gasteiger partial charge in [0.05, 0.1) is 19.2 Å². The molecule has 17 heavy (non-hydrogen) atoms. The van der Waals surface area contributed by atoms with Gasteiger partial charge in [0.1, 0.15) is 5.52 Å². The maximum Gasteiger partial charge on any atom is 0.298 e. The Morgan fingerprint density at radius 1 is 1.53 bits per heavy atom. The average Bonchev–Trinajstić information content (AvgIpc) is 2.66. The summed E-state index contributed by atoms with van der Waals surface area (Å²) < 4.78 is 5.51. The second kappa shape index (κ2) is 3.46. The summed E-state index contributed by atoms with van der Waals surface area (Å²) in [7, 11) is 0. The number of anilines is 1. The molecular formula is C11H11N3O3. The van der Waals surface area contributed by atoms with Gasteiger partial charge in [-0.15, -0.1) is 0 Å². The van der Waals surface area contributed by atoms with E-state index in [2.05, 4.69) is 4.98 Å². The summed E-state index contributed by atoms with van der Waals surface area (Å²) >= 11 is 0. The van der Waals surface area contributed by atoms with Gasteiger partial charge in [0.15, 0.2) is 5.58 Å². The Hall–Kier alpha value is -2.08. The van der Waals surface area contributed by atoms with Gasteiger partial charge >= 0.3 is 0 Å². The van der Waals surface area contributed by atoms with Crippen LogP contribution in [0.2, 0.25) is 0 Å². The third kappa shape index (κ3) is 1.62. The first kappa shape index (κ1) is 10.1. The van der Waals surface area contributed by atoms with E-state index in [0.29, 0.717) is 35.8 Å². The van der Waals surface area contributed by atoms with Crippen LogP contribution in [0.1, 0.15) is 10.4 Å². The van der Waals surface area contributed by atoms with Gasteiger partial charge in [-0.05, 0) is 18.2 Å². The second-order valence-electron chi connectivity index (χ2n) is 4.10. The molecule has 0 aliphatic carbocycles. The molecule has 1 aliphatic rings. The van der Waals surface area contributed by atoms with E-state index in [1.807, 2.05) is 4.90 Å². The summed E-state index contributed by atoms with van der Waals surface area (Å²) in [6.07, 6.45) is -0.314. The molecule has 6 nitrogen and oxygen atoms in total. The predicted octanol–water partition coefficient (Wildman–Crippen LogP) is 0.108. The zero-order valence-electron chi connectivity index (χ0n) is 8.96. The Labute approximate surface area is 96.6 Å². The standard InChI is InChI=1S/C11H11N3O3/c12-10(16)6-1-2-9-8(3-6)13-11(17-9)14-4-7(15)5-14/h1-3,7,15H,4-5H2,(H2,12,16). The topological polar surface area (TPSA) is 92.6 Å². The van der Waals surface area contributed by atoms with Gasteiger partial charge in [-0.3, -0.25) is 4.79 Å². The molecule has 1 aliphatic heterocycles. The van der Waals surface area contributed by atoms with Crippen LogP contribution in [-0.4, -0.2) is 35.2 Å². The summed E-state index contributed by atoms with van der Waals surface area (Å²) in [6, 6.07) is 5.33. The van der Waals surface area contributed by atoms with Crippen LogP contribution in [0.5, 0.6) is 0 Å². The van der Waals surface area contributed by atoms with Gasteiger partial charge in [0.2, 0.25) is 5.91 Å². The van der Waals surface area contributed by atoms with Crippen molar-refractivity contribution >= 4 is 23.0 Å². The molecule has 3 N–H and O–H groups in total. The molecule has 0 radical (unpaired) electrons. The van der Waals surface area contributed by atoms with Crippen molar-refractivity contribution in [2.45, 2.75) is 6.10 Å². The minimum Gasteiger partial charge on any atom is -0.423 e. The molecule has 0 spiro atoms. The third-order valence-corrected chi connectivity index (χ3v) is 2.79. The number of fused-ring (bicyclic) bond motifs is 1. The van der Waals surface area contributed by atoms with E-state index < -0.39 is 5.91 Å². The van der Waals surface area contributed by atoms with Crippen LogP contribution in [0, 0.1) is 0 Å². The van der Waals surface area contributed by atoms with E-state index in [-0.39, 0.29) is 6.10 Å². The molecule has 1 fully saturated rings. The largest absolute Gasteiger partial charge is 0.423 e. The lowest BCUT2D eigenvalue weighted by Gasteiger charge is -2.34. The average molecular weight is 233 g/mol. The lowest BCUT2D eigenvalue weighted by atomic mass is 10.2. The number of hydrogen-bond acceptors (Lipinski definition) is 5. The Morgan fingerprint density at radius 2 is 2.29 bits per heavy atom. The summed E-state index contributed by atoms with van der Waals surface area (Å²) in [5.74, 6) is -0.490. The molecule has 0 bridgehead atoms. The maximum atomic E-state index is 11.0. The molecule has 1 aromatic carbocycles. The number of β-amino-alcohol motifs (C(OH)–C–C–N with tert-alkyl or cyclic N) is 1. The third-order valence-electron chi connectivity index (χ3n) is 2.79. The van der Waals surface area contributed by atoms with Crippen LogP contribution in [0.15, 0.2) is 22.6 Å². The number of amides is 1. The fourth-order valence-corrected chi connectivity index (χ4v) is 1.82. The van der Waals surface area contributed by atoms with Crippen LogP contribution in [0.25, 0.3) is 11.1 Å². The van der Waals surface area contributed by atoms with Gasteiger partial charge in [-0.1, -0.05) is 0 Å². The zero-order valence-corrected chi connectivity index (χ0v) is 8.96. The highest BCUT2D eigenvalue weighted by Crippen LogP contribution is 2.25. The number of benzene rings is 1.